The molecule has 0 aliphatic heterocycles. The van der Waals surface area contributed by atoms with Crippen molar-refractivity contribution in [1.29, 1.82) is 0 Å². The lowest BCUT2D eigenvalue weighted by atomic mass is 9.85. The van der Waals surface area contributed by atoms with Gasteiger partial charge in [-0.1, -0.05) is 53.5 Å². The van der Waals surface area contributed by atoms with Gasteiger partial charge in [-0.3, -0.25) is 19.9 Å². The van der Waals surface area contributed by atoms with Crippen LogP contribution in [0.3, 0.4) is 0 Å². The number of benzene rings is 2. The Morgan fingerprint density at radius 1 is 1.12 bits per heavy atom. The number of H-pyrrole nitrogens is 1. The molecule has 0 bridgehead atoms. The zero-order chi connectivity index (χ0) is 29.4. The standard InChI is InChI=1S/C26H24Cl2N6O5S/c1-26(2,23-29-19(13-8-6-5-7-9-13)17(40-23)12-33(3)4)18-15(27)10-14(11-16(18)28)34-24(37)30-21(35)20(32-34)22(36)31-25(38)39/h5-11H,12H2,1-4H3,(H,31,36)(H,38,39)(H,30,35,37). The predicted molar refractivity (Wildman–Crippen MR) is 153 cm³/mol. The highest BCUT2D eigenvalue weighted by Gasteiger charge is 2.33. The fourth-order valence-corrected chi connectivity index (χ4v) is 6.36. The van der Waals surface area contributed by atoms with Crippen LogP contribution >= 0.6 is 34.5 Å². The Morgan fingerprint density at radius 2 is 1.75 bits per heavy atom. The second-order valence-corrected chi connectivity index (χ2v) is 11.5. The van der Waals surface area contributed by atoms with Crippen molar-refractivity contribution in [2.24, 2.45) is 0 Å². The molecule has 0 saturated carbocycles. The Hall–Kier alpha value is -3.84. The molecule has 4 aromatic rings. The molecular formula is C26H24Cl2N6O5S. The maximum Gasteiger partial charge on any atom is 0.411 e. The summed E-state index contributed by atoms with van der Waals surface area (Å²) in [6.07, 6.45) is -1.69. The molecule has 0 spiro atoms. The molecular weight excluding hydrogens is 579 g/mol. The Labute approximate surface area is 242 Å². The van der Waals surface area contributed by atoms with Gasteiger partial charge in [0.1, 0.15) is 5.01 Å². The van der Waals surface area contributed by atoms with Crippen molar-refractivity contribution in [3.8, 4) is 16.9 Å². The lowest BCUT2D eigenvalue weighted by Gasteiger charge is -2.26. The summed E-state index contributed by atoms with van der Waals surface area (Å²) in [5, 5.41) is 15.2. The molecule has 0 aliphatic rings. The van der Waals surface area contributed by atoms with E-state index in [1.807, 2.05) is 63.3 Å². The average molecular weight is 603 g/mol. The molecule has 0 unspecified atom stereocenters. The van der Waals surface area contributed by atoms with Gasteiger partial charge in [-0.25, -0.2) is 14.6 Å². The van der Waals surface area contributed by atoms with Crippen LogP contribution in [0.5, 0.6) is 0 Å². The van der Waals surface area contributed by atoms with Gasteiger partial charge in [-0.2, -0.15) is 9.78 Å². The number of aromatic nitrogens is 4. The first kappa shape index (κ1) is 29.2. The van der Waals surface area contributed by atoms with E-state index in [2.05, 4.69) is 10.00 Å². The molecule has 0 fully saturated rings. The third kappa shape index (κ3) is 5.85. The number of carbonyl (C=O) groups excluding carboxylic acids is 1. The van der Waals surface area contributed by atoms with Crippen molar-refractivity contribution in [3.05, 3.63) is 94.5 Å². The molecule has 0 radical (unpaired) electrons. The van der Waals surface area contributed by atoms with Crippen LogP contribution < -0.4 is 16.6 Å². The lowest BCUT2D eigenvalue weighted by molar-refractivity contribution is 0.0939. The van der Waals surface area contributed by atoms with Gasteiger partial charge < -0.3 is 10.0 Å². The number of carbonyl (C=O) groups is 2. The van der Waals surface area contributed by atoms with Gasteiger partial charge >= 0.3 is 11.8 Å². The van der Waals surface area contributed by atoms with Crippen LogP contribution in [0.25, 0.3) is 16.9 Å². The molecule has 0 atom stereocenters. The van der Waals surface area contributed by atoms with Crippen molar-refractivity contribution in [2.45, 2.75) is 25.8 Å². The van der Waals surface area contributed by atoms with Gasteiger partial charge in [0, 0.05) is 38.0 Å². The van der Waals surface area contributed by atoms with E-state index >= 15 is 0 Å². The number of halogens is 2. The van der Waals surface area contributed by atoms with E-state index < -0.39 is 34.4 Å². The van der Waals surface area contributed by atoms with Gasteiger partial charge in [0.15, 0.2) is 0 Å². The van der Waals surface area contributed by atoms with E-state index in [1.54, 1.807) is 11.3 Å². The second-order valence-electron chi connectivity index (χ2n) is 9.58. The maximum atomic E-state index is 12.5. The van der Waals surface area contributed by atoms with Gasteiger partial charge in [-0.05, 0) is 40.1 Å². The van der Waals surface area contributed by atoms with Crippen LogP contribution in [0, 0.1) is 0 Å². The summed E-state index contributed by atoms with van der Waals surface area (Å²) < 4.78 is 0.707. The summed E-state index contributed by atoms with van der Waals surface area (Å²) in [5.41, 5.74) is -1.27. The van der Waals surface area contributed by atoms with E-state index in [-0.39, 0.29) is 15.7 Å². The fraction of sp³-hybridized carbons (Fsp3) is 0.231. The fourth-order valence-electron chi connectivity index (χ4n) is 4.10. The van der Waals surface area contributed by atoms with Gasteiger partial charge in [0.25, 0.3) is 11.5 Å². The number of rotatable bonds is 7. The monoisotopic (exact) mass is 602 g/mol. The molecule has 11 nitrogen and oxygen atoms in total. The number of aromatic amines is 1. The molecule has 2 amide bonds. The molecule has 0 saturated heterocycles. The van der Waals surface area contributed by atoms with E-state index in [0.29, 0.717) is 16.8 Å². The van der Waals surface area contributed by atoms with Crippen LogP contribution in [0.1, 0.15) is 39.8 Å². The summed E-state index contributed by atoms with van der Waals surface area (Å²) >= 11 is 15.0. The van der Waals surface area contributed by atoms with Gasteiger partial charge in [0.2, 0.25) is 5.69 Å². The molecule has 208 valence electrons. The van der Waals surface area contributed by atoms with Crippen molar-refractivity contribution >= 4 is 46.5 Å². The van der Waals surface area contributed by atoms with Crippen LogP contribution in [-0.2, 0) is 12.0 Å². The van der Waals surface area contributed by atoms with Gasteiger partial charge in [0.05, 0.1) is 11.4 Å². The summed E-state index contributed by atoms with van der Waals surface area (Å²) in [5.74, 6) is -1.30. The summed E-state index contributed by atoms with van der Waals surface area (Å²) in [4.78, 5) is 57.6. The number of hydrogen-bond acceptors (Lipinski definition) is 8. The molecule has 2 aromatic heterocycles. The normalized spacial score (nSPS) is 11.6. The molecule has 3 N–H and O–H groups in total. The number of nitrogens with zero attached hydrogens (tertiary/aromatic N) is 4. The van der Waals surface area contributed by atoms with Crippen LogP contribution in [0.15, 0.2) is 52.1 Å². The SMILES string of the molecule is CN(C)Cc1sc(C(C)(C)c2c(Cl)cc(-n3nc(C(=O)NC(=O)O)c(=O)[nH]c3=O)cc2Cl)nc1-c1ccccc1. The quantitative estimate of drug-likeness (QED) is 0.285. The van der Waals surface area contributed by atoms with Crippen molar-refractivity contribution in [1.82, 2.24) is 30.0 Å². The maximum absolute atomic E-state index is 12.5. The highest BCUT2D eigenvalue weighted by atomic mass is 35.5. The van der Waals surface area contributed by atoms with Crippen LogP contribution in [-0.4, -0.2) is 55.9 Å². The Bertz CT molecular complexity index is 1710. The number of hydrogen-bond donors (Lipinski definition) is 3. The summed E-state index contributed by atoms with van der Waals surface area (Å²) in [6.45, 7) is 4.55. The predicted octanol–water partition coefficient (Wildman–Crippen LogP) is 4.15. The minimum atomic E-state index is -1.69. The first-order valence-electron chi connectivity index (χ1n) is 11.8. The van der Waals surface area contributed by atoms with Crippen molar-refractivity contribution in [2.75, 3.05) is 14.1 Å². The summed E-state index contributed by atoms with van der Waals surface area (Å²) in [7, 11) is 3.96. The number of nitrogens with one attached hydrogen (secondary N) is 2. The van der Waals surface area contributed by atoms with E-state index in [9.17, 15) is 19.2 Å². The molecule has 0 aliphatic carbocycles. The second kappa shape index (κ2) is 11.3. The van der Waals surface area contributed by atoms with Crippen molar-refractivity contribution in [3.63, 3.8) is 0 Å². The third-order valence-corrected chi connectivity index (χ3v) is 7.86. The van der Waals surface area contributed by atoms with E-state index in [4.69, 9.17) is 33.3 Å². The number of imide groups is 1. The zero-order valence-corrected chi connectivity index (χ0v) is 24.1. The average Bonchev–Trinajstić information content (AvgIpc) is 3.27. The summed E-state index contributed by atoms with van der Waals surface area (Å²) in [6, 6.07) is 12.7. The topological polar surface area (TPSA) is 150 Å². The molecule has 40 heavy (non-hydrogen) atoms. The molecule has 2 heterocycles. The Kier molecular flexibility index (Phi) is 8.26. The Balaban J connectivity index is 1.81. The lowest BCUT2D eigenvalue weighted by Crippen LogP contribution is -2.40. The zero-order valence-electron chi connectivity index (χ0n) is 21.8. The van der Waals surface area contributed by atoms with Gasteiger partial charge in [-0.15, -0.1) is 11.3 Å². The third-order valence-electron chi connectivity index (χ3n) is 5.90. The van der Waals surface area contributed by atoms with E-state index in [0.717, 1.165) is 21.1 Å². The smallest absolute Gasteiger partial charge is 0.411 e. The highest BCUT2D eigenvalue weighted by Crippen LogP contribution is 2.44. The number of amides is 2. The van der Waals surface area contributed by atoms with E-state index in [1.165, 1.54) is 17.4 Å². The highest BCUT2D eigenvalue weighted by molar-refractivity contribution is 7.12. The molecule has 14 heteroatoms. The van der Waals surface area contributed by atoms with Crippen molar-refractivity contribution < 1.29 is 14.7 Å². The number of thiazole rings is 1. The first-order chi connectivity index (χ1) is 18.8. The Morgan fingerprint density at radius 3 is 2.33 bits per heavy atom. The van der Waals surface area contributed by atoms with Crippen LogP contribution in [0.4, 0.5) is 4.79 Å². The minimum Gasteiger partial charge on any atom is -0.465 e. The van der Waals surface area contributed by atoms with Crippen LogP contribution in [0.2, 0.25) is 10.0 Å². The molecule has 2 aromatic carbocycles. The molecule has 4 rings (SSSR count). The minimum absolute atomic E-state index is 0.0533. The number of carboxylic acid groups (broad SMARTS) is 1. The first-order valence-corrected chi connectivity index (χ1v) is 13.3. The largest absolute Gasteiger partial charge is 0.465 e.